The van der Waals surface area contributed by atoms with E-state index >= 15 is 0 Å². The van der Waals surface area contributed by atoms with Crippen molar-refractivity contribution in [2.24, 2.45) is 9.98 Å². The zero-order valence-corrected chi connectivity index (χ0v) is 11.0. The Balaban J connectivity index is 2.11. The number of para-hydroxylation sites is 2. The summed E-state index contributed by atoms with van der Waals surface area (Å²) in [4.78, 5) is 9.32. The number of nitrogens with zero attached hydrogens (tertiary/aromatic N) is 2. The van der Waals surface area contributed by atoms with Gasteiger partial charge < -0.3 is 5.11 Å². The van der Waals surface area contributed by atoms with Crippen LogP contribution in [0, 0.1) is 10.4 Å². The molecule has 0 unspecified atom stereocenters. The summed E-state index contributed by atoms with van der Waals surface area (Å²) in [5, 5.41) is 14.3. The molecule has 0 saturated carbocycles. The first-order valence-corrected chi connectivity index (χ1v) is 6.85. The van der Waals surface area contributed by atoms with Crippen molar-refractivity contribution in [2.45, 2.75) is 0 Å². The molecule has 98 valence electrons. The third-order valence-electron chi connectivity index (χ3n) is 4.08. The van der Waals surface area contributed by atoms with E-state index in [1.54, 1.807) is 6.07 Å². The molecule has 1 N–H and O–H groups in total. The lowest BCUT2D eigenvalue weighted by atomic mass is 10.0. The topological polar surface area (TPSA) is 45.0 Å². The number of phenols is 1. The Labute approximate surface area is 119 Å². The standard InChI is InChI=1S/C18H10N2O/c21-15-9-14-16(10-5-1-3-7-12(10)19-14)18-17(15)11-6-2-4-8-13(11)20-18/h1-9,21H. The van der Waals surface area contributed by atoms with Gasteiger partial charge in [0.1, 0.15) is 5.75 Å². The second-order valence-electron chi connectivity index (χ2n) is 5.27. The van der Waals surface area contributed by atoms with E-state index in [9.17, 15) is 5.11 Å². The van der Waals surface area contributed by atoms with Crippen molar-refractivity contribution in [2.75, 3.05) is 0 Å². The van der Waals surface area contributed by atoms with E-state index in [1.165, 1.54) is 0 Å². The van der Waals surface area contributed by atoms with E-state index in [-0.39, 0.29) is 5.75 Å². The molecule has 3 aromatic rings. The second-order valence-corrected chi connectivity index (χ2v) is 5.27. The molecule has 3 heteroatoms. The van der Waals surface area contributed by atoms with Crippen molar-refractivity contribution < 1.29 is 5.11 Å². The number of phenolic OH excluding ortho intramolecular Hbond substituents is 1. The van der Waals surface area contributed by atoms with Crippen molar-refractivity contribution in [3.05, 3.63) is 75.7 Å². The summed E-state index contributed by atoms with van der Waals surface area (Å²) < 4.78 is 0. The van der Waals surface area contributed by atoms with Crippen molar-refractivity contribution >= 4 is 11.4 Å². The van der Waals surface area contributed by atoms with E-state index in [0.717, 1.165) is 43.7 Å². The quantitative estimate of drug-likeness (QED) is 0.462. The Bertz CT molecular complexity index is 1150. The van der Waals surface area contributed by atoms with Gasteiger partial charge in [0.2, 0.25) is 0 Å². The Morgan fingerprint density at radius 2 is 1.62 bits per heavy atom. The maximum Gasteiger partial charge on any atom is 0.127 e. The van der Waals surface area contributed by atoms with Gasteiger partial charge >= 0.3 is 0 Å². The van der Waals surface area contributed by atoms with Crippen molar-refractivity contribution in [3.8, 4) is 16.9 Å². The molecule has 5 rings (SSSR count). The third-order valence-corrected chi connectivity index (χ3v) is 4.08. The van der Waals surface area contributed by atoms with E-state index in [1.807, 2.05) is 42.5 Å². The molecule has 0 bridgehead atoms. The van der Waals surface area contributed by atoms with E-state index in [0.29, 0.717) is 0 Å². The van der Waals surface area contributed by atoms with Crippen molar-refractivity contribution in [1.29, 1.82) is 0 Å². The fourth-order valence-electron chi connectivity index (χ4n) is 3.19. The smallest absolute Gasteiger partial charge is 0.127 e. The van der Waals surface area contributed by atoms with Crippen LogP contribution >= 0.6 is 0 Å². The number of benzene rings is 3. The summed E-state index contributed by atoms with van der Waals surface area (Å²) in [6, 6.07) is 17.7. The summed E-state index contributed by atoms with van der Waals surface area (Å²) in [5.41, 5.74) is 3.50. The lowest BCUT2D eigenvalue weighted by Gasteiger charge is -2.02. The maximum absolute atomic E-state index is 10.4. The minimum Gasteiger partial charge on any atom is -0.507 e. The molecule has 3 nitrogen and oxygen atoms in total. The molecule has 0 saturated heterocycles. The maximum atomic E-state index is 10.4. The third kappa shape index (κ3) is 1.28. The van der Waals surface area contributed by atoms with Crippen LogP contribution in [0.5, 0.6) is 5.75 Å². The van der Waals surface area contributed by atoms with Crippen LogP contribution in [-0.2, 0) is 0 Å². The average Bonchev–Trinajstić information content (AvgIpc) is 3.04. The highest BCUT2D eigenvalue weighted by Crippen LogP contribution is 2.39. The first kappa shape index (κ1) is 10.8. The number of hydrogen-bond acceptors (Lipinski definition) is 3. The van der Waals surface area contributed by atoms with Crippen LogP contribution in [0.3, 0.4) is 0 Å². The molecule has 0 amide bonds. The summed E-state index contributed by atoms with van der Waals surface area (Å²) in [7, 11) is 0. The van der Waals surface area contributed by atoms with Gasteiger partial charge in [-0.15, -0.1) is 0 Å². The molecule has 2 aliphatic rings. The van der Waals surface area contributed by atoms with Crippen LogP contribution in [0.2, 0.25) is 0 Å². The lowest BCUT2D eigenvalue weighted by Crippen LogP contribution is -2.06. The molecule has 0 aliphatic carbocycles. The fraction of sp³-hybridized carbons (Fsp3) is 0. The van der Waals surface area contributed by atoms with Crippen LogP contribution < -0.4 is 10.7 Å². The molecular weight excluding hydrogens is 260 g/mol. The monoisotopic (exact) mass is 270 g/mol. The Kier molecular flexibility index (Phi) is 1.84. The van der Waals surface area contributed by atoms with E-state index in [2.05, 4.69) is 11.1 Å². The molecule has 0 aromatic heterocycles. The largest absolute Gasteiger partial charge is 0.507 e. The minimum absolute atomic E-state index is 0.244. The predicted octanol–water partition coefficient (Wildman–Crippen LogP) is 2.88. The first-order chi connectivity index (χ1) is 10.3. The molecule has 3 aromatic carbocycles. The number of aromatic hydroxyl groups is 1. The van der Waals surface area contributed by atoms with Crippen LogP contribution in [0.1, 0.15) is 0 Å². The van der Waals surface area contributed by atoms with Crippen molar-refractivity contribution in [1.82, 2.24) is 0 Å². The molecule has 0 atom stereocenters. The molecule has 21 heavy (non-hydrogen) atoms. The first-order valence-electron chi connectivity index (χ1n) is 6.85. The molecule has 0 spiro atoms. The number of rotatable bonds is 0. The lowest BCUT2D eigenvalue weighted by molar-refractivity contribution is 0.477. The Morgan fingerprint density at radius 3 is 2.57 bits per heavy atom. The van der Waals surface area contributed by atoms with Crippen LogP contribution in [0.25, 0.3) is 11.1 Å². The van der Waals surface area contributed by atoms with Gasteiger partial charge in [-0.3, -0.25) is 0 Å². The molecule has 2 aliphatic heterocycles. The summed E-state index contributed by atoms with van der Waals surface area (Å²) in [6.07, 6.45) is 0. The van der Waals surface area contributed by atoms with E-state index in [4.69, 9.17) is 4.99 Å². The van der Waals surface area contributed by atoms with Gasteiger partial charge in [0.25, 0.3) is 0 Å². The van der Waals surface area contributed by atoms with Gasteiger partial charge in [0.05, 0.1) is 27.7 Å². The molecule has 2 heterocycles. The van der Waals surface area contributed by atoms with Gasteiger partial charge in [-0.1, -0.05) is 36.4 Å². The minimum atomic E-state index is 0.244. The van der Waals surface area contributed by atoms with Crippen LogP contribution in [-0.4, -0.2) is 5.11 Å². The van der Waals surface area contributed by atoms with Crippen LogP contribution in [0.4, 0.5) is 11.4 Å². The number of fused-ring (bicyclic) bond motifs is 6. The van der Waals surface area contributed by atoms with E-state index < -0.39 is 0 Å². The van der Waals surface area contributed by atoms with Gasteiger partial charge in [0.15, 0.2) is 0 Å². The fourth-order valence-corrected chi connectivity index (χ4v) is 3.19. The Morgan fingerprint density at radius 1 is 0.810 bits per heavy atom. The highest BCUT2D eigenvalue weighted by atomic mass is 16.3. The zero-order chi connectivity index (χ0) is 14.0. The summed E-state index contributed by atoms with van der Waals surface area (Å²) >= 11 is 0. The Hall–Kier alpha value is -2.94. The van der Waals surface area contributed by atoms with Gasteiger partial charge in [-0.2, -0.15) is 0 Å². The van der Waals surface area contributed by atoms with Crippen LogP contribution in [0.15, 0.2) is 64.6 Å². The molecule has 0 radical (unpaired) electrons. The number of hydrogen-bond donors (Lipinski definition) is 1. The van der Waals surface area contributed by atoms with Gasteiger partial charge in [0, 0.05) is 22.1 Å². The zero-order valence-electron chi connectivity index (χ0n) is 11.0. The van der Waals surface area contributed by atoms with Gasteiger partial charge in [-0.05, 0) is 12.1 Å². The van der Waals surface area contributed by atoms with Crippen molar-refractivity contribution in [3.63, 3.8) is 0 Å². The summed E-state index contributed by atoms with van der Waals surface area (Å²) in [6.45, 7) is 0. The molecule has 0 fully saturated rings. The summed E-state index contributed by atoms with van der Waals surface area (Å²) in [5.74, 6) is 0.244. The predicted molar refractivity (Wildman–Crippen MR) is 79.3 cm³/mol. The van der Waals surface area contributed by atoms with Gasteiger partial charge in [-0.25, -0.2) is 9.98 Å². The normalized spacial score (nSPS) is 12.8. The molecular formula is C18H10N2O. The highest BCUT2D eigenvalue weighted by molar-refractivity contribution is 5.84. The SMILES string of the molecule is Oc1cc2c(c3c1-c1ccccc1N=3)=c1ccccc1=N2. The second kappa shape index (κ2) is 3.58. The highest BCUT2D eigenvalue weighted by Gasteiger charge is 2.21. The average molecular weight is 270 g/mol.